The fourth-order valence-corrected chi connectivity index (χ4v) is 2.96. The second kappa shape index (κ2) is 9.06. The Bertz CT molecular complexity index is 612. The minimum Gasteiger partial charge on any atom is -0.0958 e. The van der Waals surface area contributed by atoms with Gasteiger partial charge in [0.05, 0.1) is 0 Å². The Labute approximate surface area is 150 Å². The van der Waals surface area contributed by atoms with Crippen LogP contribution in [0.5, 0.6) is 0 Å². The maximum atomic E-state index is 4.05. The molecule has 0 aromatic rings. The molecule has 0 N–H and O–H groups in total. The lowest BCUT2D eigenvalue weighted by atomic mass is 9.75. The molecule has 0 saturated heterocycles. The van der Waals surface area contributed by atoms with Crippen LogP contribution in [-0.4, -0.2) is 0 Å². The standard InChI is InChI=1S/C24H36/c1-9-10-22(17-21(6)18(2)3)20(5)15-16-24(7,8)23-13-11-19(4)12-14-23/h9-11,13,17H,2,12,14-16H2,1,3-8H3/b10-9-,21-17+,22-20-. The second-order valence-electron chi connectivity index (χ2n) is 7.93. The largest absolute Gasteiger partial charge is 0.0958 e. The molecule has 1 aliphatic rings. The van der Waals surface area contributed by atoms with E-state index in [-0.39, 0.29) is 5.41 Å². The van der Waals surface area contributed by atoms with E-state index >= 15 is 0 Å². The molecule has 0 aromatic heterocycles. The quantitative estimate of drug-likeness (QED) is 0.418. The van der Waals surface area contributed by atoms with Gasteiger partial charge in [0.1, 0.15) is 0 Å². The van der Waals surface area contributed by atoms with Crippen molar-refractivity contribution in [1.29, 1.82) is 0 Å². The minimum absolute atomic E-state index is 0.270. The number of allylic oxidation sites excluding steroid dienone is 11. The van der Waals surface area contributed by atoms with Gasteiger partial charge in [-0.1, -0.05) is 73.1 Å². The molecule has 0 heteroatoms. The van der Waals surface area contributed by atoms with Gasteiger partial charge in [0, 0.05) is 0 Å². The summed E-state index contributed by atoms with van der Waals surface area (Å²) in [6.07, 6.45) is 16.0. The Balaban J connectivity index is 2.92. The van der Waals surface area contributed by atoms with Gasteiger partial charge in [0.2, 0.25) is 0 Å². The van der Waals surface area contributed by atoms with Crippen molar-refractivity contribution in [3.63, 3.8) is 0 Å². The zero-order valence-electron chi connectivity index (χ0n) is 16.9. The van der Waals surface area contributed by atoms with Gasteiger partial charge in [-0.2, -0.15) is 0 Å². The number of hydrogen-bond donors (Lipinski definition) is 0. The van der Waals surface area contributed by atoms with E-state index in [0.29, 0.717) is 0 Å². The molecular formula is C24H36. The van der Waals surface area contributed by atoms with Crippen molar-refractivity contribution in [2.45, 2.75) is 74.1 Å². The summed E-state index contributed by atoms with van der Waals surface area (Å²) in [6.45, 7) is 19.6. The van der Waals surface area contributed by atoms with Gasteiger partial charge in [-0.15, -0.1) is 0 Å². The monoisotopic (exact) mass is 324 g/mol. The van der Waals surface area contributed by atoms with Gasteiger partial charge >= 0.3 is 0 Å². The maximum Gasteiger partial charge on any atom is -0.0138 e. The van der Waals surface area contributed by atoms with Gasteiger partial charge in [-0.05, 0) is 76.9 Å². The summed E-state index contributed by atoms with van der Waals surface area (Å²) in [7, 11) is 0. The van der Waals surface area contributed by atoms with Crippen molar-refractivity contribution in [3.8, 4) is 0 Å². The van der Waals surface area contributed by atoms with E-state index in [2.05, 4.69) is 85.4 Å². The first-order valence-electron chi connectivity index (χ1n) is 9.21. The van der Waals surface area contributed by atoms with Crippen LogP contribution in [0.15, 0.2) is 70.4 Å². The van der Waals surface area contributed by atoms with Gasteiger partial charge in [0.25, 0.3) is 0 Å². The molecule has 0 bridgehead atoms. The maximum absolute atomic E-state index is 4.05. The molecule has 0 amide bonds. The van der Waals surface area contributed by atoms with Crippen LogP contribution >= 0.6 is 0 Å². The van der Waals surface area contributed by atoms with Crippen molar-refractivity contribution in [2.75, 3.05) is 0 Å². The van der Waals surface area contributed by atoms with Crippen LogP contribution in [0.25, 0.3) is 0 Å². The smallest absolute Gasteiger partial charge is 0.0138 e. The van der Waals surface area contributed by atoms with Crippen molar-refractivity contribution in [1.82, 2.24) is 0 Å². The summed E-state index contributed by atoms with van der Waals surface area (Å²) in [5, 5.41) is 0. The third-order valence-corrected chi connectivity index (χ3v) is 5.24. The molecule has 0 spiro atoms. The minimum atomic E-state index is 0.270. The normalized spacial score (nSPS) is 17.5. The molecule has 132 valence electrons. The zero-order valence-corrected chi connectivity index (χ0v) is 16.9. The first-order valence-corrected chi connectivity index (χ1v) is 9.21. The third-order valence-electron chi connectivity index (χ3n) is 5.24. The van der Waals surface area contributed by atoms with Crippen LogP contribution in [0.3, 0.4) is 0 Å². The fraction of sp³-hybridized carbons (Fsp3) is 0.500. The first kappa shape index (κ1) is 20.5. The summed E-state index contributed by atoms with van der Waals surface area (Å²) in [6, 6.07) is 0. The summed E-state index contributed by atoms with van der Waals surface area (Å²) >= 11 is 0. The highest BCUT2D eigenvalue weighted by atomic mass is 14.3. The third kappa shape index (κ3) is 6.15. The van der Waals surface area contributed by atoms with E-state index in [1.54, 1.807) is 5.57 Å². The zero-order chi connectivity index (χ0) is 18.3. The average molecular weight is 325 g/mol. The highest BCUT2D eigenvalue weighted by molar-refractivity contribution is 5.41. The van der Waals surface area contributed by atoms with E-state index in [0.717, 1.165) is 12.0 Å². The van der Waals surface area contributed by atoms with Crippen LogP contribution < -0.4 is 0 Å². The molecule has 0 aliphatic heterocycles. The van der Waals surface area contributed by atoms with Gasteiger partial charge in [0.15, 0.2) is 0 Å². The Morgan fingerprint density at radius 2 is 1.83 bits per heavy atom. The van der Waals surface area contributed by atoms with Crippen molar-refractivity contribution in [3.05, 3.63) is 70.4 Å². The van der Waals surface area contributed by atoms with E-state index in [4.69, 9.17) is 0 Å². The molecular weight excluding hydrogens is 288 g/mol. The second-order valence-corrected chi connectivity index (χ2v) is 7.93. The molecule has 1 rings (SSSR count). The molecule has 0 unspecified atom stereocenters. The molecule has 0 fully saturated rings. The fourth-order valence-electron chi connectivity index (χ4n) is 2.96. The van der Waals surface area contributed by atoms with E-state index in [1.165, 1.54) is 41.6 Å². The predicted molar refractivity (Wildman–Crippen MR) is 110 cm³/mol. The molecule has 0 saturated carbocycles. The van der Waals surface area contributed by atoms with Gasteiger partial charge in [-0.3, -0.25) is 0 Å². The lowest BCUT2D eigenvalue weighted by molar-refractivity contribution is 0.392. The van der Waals surface area contributed by atoms with Crippen LogP contribution in [0.4, 0.5) is 0 Å². The first-order chi connectivity index (χ1) is 11.2. The highest BCUT2D eigenvalue weighted by Gasteiger charge is 2.23. The topological polar surface area (TPSA) is 0 Å². The molecule has 24 heavy (non-hydrogen) atoms. The van der Waals surface area contributed by atoms with E-state index in [1.807, 2.05) is 0 Å². The van der Waals surface area contributed by atoms with Crippen LogP contribution in [0.1, 0.15) is 74.1 Å². The lowest BCUT2D eigenvalue weighted by Crippen LogP contribution is -2.16. The average Bonchev–Trinajstić information content (AvgIpc) is 2.52. The molecule has 0 aromatic carbocycles. The van der Waals surface area contributed by atoms with Gasteiger partial charge in [-0.25, -0.2) is 0 Å². The molecule has 0 heterocycles. The summed E-state index contributed by atoms with van der Waals surface area (Å²) in [5.41, 5.74) is 8.57. The van der Waals surface area contributed by atoms with Crippen molar-refractivity contribution >= 4 is 0 Å². The summed E-state index contributed by atoms with van der Waals surface area (Å²) < 4.78 is 0. The lowest BCUT2D eigenvalue weighted by Gasteiger charge is -2.30. The Kier molecular flexibility index (Phi) is 7.73. The Morgan fingerprint density at radius 1 is 1.17 bits per heavy atom. The van der Waals surface area contributed by atoms with Crippen LogP contribution in [-0.2, 0) is 0 Å². The SMILES string of the molecule is C=C(C)/C(C)=C/C(/C=C\C)=C(/C)CCC(C)(C)C1=CC=C(C)CC1. The summed E-state index contributed by atoms with van der Waals surface area (Å²) in [5.74, 6) is 0. The van der Waals surface area contributed by atoms with Crippen molar-refractivity contribution < 1.29 is 0 Å². The van der Waals surface area contributed by atoms with E-state index in [9.17, 15) is 0 Å². The van der Waals surface area contributed by atoms with Crippen molar-refractivity contribution in [2.24, 2.45) is 5.41 Å². The molecule has 0 atom stereocenters. The summed E-state index contributed by atoms with van der Waals surface area (Å²) in [4.78, 5) is 0. The molecule has 0 nitrogen and oxygen atoms in total. The number of rotatable bonds is 7. The molecule has 1 aliphatic carbocycles. The highest BCUT2D eigenvalue weighted by Crippen LogP contribution is 2.38. The Morgan fingerprint density at radius 3 is 2.33 bits per heavy atom. The predicted octanol–water partition coefficient (Wildman–Crippen LogP) is 7.87. The van der Waals surface area contributed by atoms with Crippen LogP contribution in [0.2, 0.25) is 0 Å². The van der Waals surface area contributed by atoms with E-state index < -0.39 is 0 Å². The van der Waals surface area contributed by atoms with Crippen LogP contribution in [0, 0.1) is 5.41 Å². The Hall–Kier alpha value is -1.56. The van der Waals surface area contributed by atoms with Gasteiger partial charge < -0.3 is 0 Å². The number of hydrogen-bond acceptors (Lipinski definition) is 0. The molecule has 0 radical (unpaired) electrons.